The van der Waals surface area contributed by atoms with Gasteiger partial charge in [-0.2, -0.15) is 0 Å². The maximum Gasteiger partial charge on any atom is 0.224 e. The third kappa shape index (κ3) is 5.70. The van der Waals surface area contributed by atoms with Crippen LogP contribution in [0.15, 0.2) is 54.6 Å². The van der Waals surface area contributed by atoms with E-state index in [0.717, 1.165) is 16.9 Å². The Labute approximate surface area is 143 Å². The first kappa shape index (κ1) is 18.0. The molecule has 1 amide bonds. The van der Waals surface area contributed by atoms with Gasteiger partial charge in [-0.3, -0.25) is 4.79 Å². The monoisotopic (exact) mass is 327 g/mol. The number of carbonyl (C=O) groups excluding carboxylic acids is 1. The standard InChI is InChI=1S/C20H25NO3/c1-3-24-18-11-9-16(10-12-18)14-20(23)21-15(2)13-19(22)17-7-5-4-6-8-17/h4-12,15,19,22H,3,13-14H2,1-2H3,(H,21,23). The van der Waals surface area contributed by atoms with Crippen LogP contribution < -0.4 is 10.1 Å². The van der Waals surface area contributed by atoms with Crippen molar-refractivity contribution >= 4 is 5.91 Å². The predicted octanol–water partition coefficient (Wildman–Crippen LogP) is 3.26. The summed E-state index contributed by atoms with van der Waals surface area (Å²) < 4.78 is 5.39. The summed E-state index contributed by atoms with van der Waals surface area (Å²) in [6, 6.07) is 16.9. The largest absolute Gasteiger partial charge is 0.494 e. The molecular formula is C20H25NO3. The molecule has 0 aliphatic heterocycles. The molecule has 0 spiro atoms. The molecule has 24 heavy (non-hydrogen) atoms. The first-order chi connectivity index (χ1) is 11.6. The number of rotatable bonds is 8. The van der Waals surface area contributed by atoms with E-state index in [1.807, 2.05) is 68.4 Å². The molecule has 2 aromatic carbocycles. The molecule has 0 saturated heterocycles. The highest BCUT2D eigenvalue weighted by Crippen LogP contribution is 2.18. The highest BCUT2D eigenvalue weighted by molar-refractivity contribution is 5.78. The van der Waals surface area contributed by atoms with Gasteiger partial charge in [-0.25, -0.2) is 0 Å². The summed E-state index contributed by atoms with van der Waals surface area (Å²) in [5.41, 5.74) is 1.80. The average molecular weight is 327 g/mol. The van der Waals surface area contributed by atoms with Crippen LogP contribution in [0.4, 0.5) is 0 Å². The van der Waals surface area contributed by atoms with Crippen molar-refractivity contribution in [1.29, 1.82) is 0 Å². The third-order valence-electron chi connectivity index (χ3n) is 3.77. The summed E-state index contributed by atoms with van der Waals surface area (Å²) in [5, 5.41) is 13.1. The van der Waals surface area contributed by atoms with E-state index in [1.54, 1.807) is 0 Å². The zero-order chi connectivity index (χ0) is 17.4. The van der Waals surface area contributed by atoms with E-state index in [9.17, 15) is 9.90 Å². The number of nitrogens with one attached hydrogen (secondary N) is 1. The first-order valence-electron chi connectivity index (χ1n) is 8.32. The zero-order valence-corrected chi connectivity index (χ0v) is 14.2. The maximum absolute atomic E-state index is 12.1. The smallest absolute Gasteiger partial charge is 0.224 e. The molecule has 0 aliphatic carbocycles. The van der Waals surface area contributed by atoms with Crippen LogP contribution in [-0.2, 0) is 11.2 Å². The van der Waals surface area contributed by atoms with Crippen molar-refractivity contribution in [2.75, 3.05) is 6.61 Å². The molecule has 2 atom stereocenters. The Balaban J connectivity index is 1.80. The molecule has 2 aromatic rings. The van der Waals surface area contributed by atoms with Gasteiger partial charge in [0.2, 0.25) is 5.91 Å². The van der Waals surface area contributed by atoms with Gasteiger partial charge < -0.3 is 15.2 Å². The minimum atomic E-state index is -0.577. The van der Waals surface area contributed by atoms with Crippen molar-refractivity contribution in [3.63, 3.8) is 0 Å². The van der Waals surface area contributed by atoms with Gasteiger partial charge in [-0.1, -0.05) is 42.5 Å². The third-order valence-corrected chi connectivity index (χ3v) is 3.77. The van der Waals surface area contributed by atoms with Crippen LogP contribution in [0.1, 0.15) is 37.5 Å². The van der Waals surface area contributed by atoms with E-state index in [2.05, 4.69) is 5.32 Å². The summed E-state index contributed by atoms with van der Waals surface area (Å²) >= 11 is 0. The van der Waals surface area contributed by atoms with Crippen molar-refractivity contribution < 1.29 is 14.6 Å². The van der Waals surface area contributed by atoms with Crippen molar-refractivity contribution in [2.24, 2.45) is 0 Å². The van der Waals surface area contributed by atoms with Gasteiger partial charge in [0.05, 0.1) is 19.1 Å². The van der Waals surface area contributed by atoms with E-state index in [0.29, 0.717) is 19.4 Å². The first-order valence-corrected chi connectivity index (χ1v) is 8.32. The minimum Gasteiger partial charge on any atom is -0.494 e. The summed E-state index contributed by atoms with van der Waals surface area (Å²) in [4.78, 5) is 12.1. The molecule has 2 rings (SSSR count). The van der Waals surface area contributed by atoms with E-state index < -0.39 is 6.10 Å². The summed E-state index contributed by atoms with van der Waals surface area (Å²) in [5.74, 6) is 0.757. The highest BCUT2D eigenvalue weighted by atomic mass is 16.5. The Kier molecular flexibility index (Phi) is 6.82. The number of carbonyl (C=O) groups is 1. The van der Waals surface area contributed by atoms with Crippen LogP contribution in [0.5, 0.6) is 5.75 Å². The minimum absolute atomic E-state index is 0.0491. The lowest BCUT2D eigenvalue weighted by Gasteiger charge is -2.18. The lowest BCUT2D eigenvalue weighted by Crippen LogP contribution is -2.34. The second kappa shape index (κ2) is 9.08. The van der Waals surface area contributed by atoms with Gasteiger partial charge >= 0.3 is 0 Å². The highest BCUT2D eigenvalue weighted by Gasteiger charge is 2.14. The van der Waals surface area contributed by atoms with E-state index in [4.69, 9.17) is 4.74 Å². The molecule has 2 unspecified atom stereocenters. The number of ether oxygens (including phenoxy) is 1. The Hall–Kier alpha value is -2.33. The van der Waals surface area contributed by atoms with Crippen LogP contribution in [0, 0.1) is 0 Å². The van der Waals surface area contributed by atoms with Crippen molar-refractivity contribution in [1.82, 2.24) is 5.32 Å². The van der Waals surface area contributed by atoms with Gasteiger partial charge in [0.15, 0.2) is 0 Å². The van der Waals surface area contributed by atoms with Gasteiger partial charge in [0, 0.05) is 6.04 Å². The topological polar surface area (TPSA) is 58.6 Å². The van der Waals surface area contributed by atoms with E-state index >= 15 is 0 Å². The predicted molar refractivity (Wildman–Crippen MR) is 94.9 cm³/mol. The van der Waals surface area contributed by atoms with Crippen molar-refractivity contribution in [2.45, 2.75) is 38.8 Å². The number of hydrogen-bond acceptors (Lipinski definition) is 3. The molecular weight excluding hydrogens is 302 g/mol. The fourth-order valence-electron chi connectivity index (χ4n) is 2.59. The van der Waals surface area contributed by atoms with Gasteiger partial charge in [-0.05, 0) is 43.5 Å². The molecule has 0 bridgehead atoms. The fourth-order valence-corrected chi connectivity index (χ4v) is 2.59. The normalized spacial score (nSPS) is 13.1. The summed E-state index contributed by atoms with van der Waals surface area (Å²) in [7, 11) is 0. The maximum atomic E-state index is 12.1. The number of hydrogen-bond donors (Lipinski definition) is 2. The van der Waals surface area contributed by atoms with E-state index in [1.165, 1.54) is 0 Å². The Morgan fingerprint density at radius 3 is 2.42 bits per heavy atom. The number of amides is 1. The number of benzene rings is 2. The SMILES string of the molecule is CCOc1ccc(CC(=O)NC(C)CC(O)c2ccccc2)cc1. The lowest BCUT2D eigenvalue weighted by atomic mass is 10.0. The Morgan fingerprint density at radius 2 is 1.79 bits per heavy atom. The van der Waals surface area contributed by atoms with E-state index in [-0.39, 0.29) is 11.9 Å². The molecule has 0 saturated carbocycles. The van der Waals surface area contributed by atoms with Gasteiger partial charge in [-0.15, -0.1) is 0 Å². The second-order valence-electron chi connectivity index (χ2n) is 5.88. The number of aliphatic hydroxyl groups excluding tert-OH is 1. The van der Waals surface area contributed by atoms with Crippen LogP contribution in [0.3, 0.4) is 0 Å². The molecule has 0 heterocycles. The van der Waals surface area contributed by atoms with Crippen LogP contribution in [-0.4, -0.2) is 23.7 Å². The molecule has 128 valence electrons. The van der Waals surface area contributed by atoms with Gasteiger partial charge in [0.25, 0.3) is 0 Å². The summed E-state index contributed by atoms with van der Waals surface area (Å²) in [6.45, 7) is 4.47. The number of aliphatic hydroxyl groups is 1. The van der Waals surface area contributed by atoms with Crippen LogP contribution in [0.25, 0.3) is 0 Å². The Bertz CT molecular complexity index is 625. The van der Waals surface area contributed by atoms with Crippen molar-refractivity contribution in [3.05, 3.63) is 65.7 Å². The van der Waals surface area contributed by atoms with Crippen LogP contribution >= 0.6 is 0 Å². The average Bonchev–Trinajstić information content (AvgIpc) is 2.57. The lowest BCUT2D eigenvalue weighted by molar-refractivity contribution is -0.121. The zero-order valence-electron chi connectivity index (χ0n) is 14.2. The molecule has 0 radical (unpaired) electrons. The molecule has 0 aromatic heterocycles. The van der Waals surface area contributed by atoms with Gasteiger partial charge in [0.1, 0.15) is 5.75 Å². The van der Waals surface area contributed by atoms with Crippen molar-refractivity contribution in [3.8, 4) is 5.75 Å². The van der Waals surface area contributed by atoms with Crippen LogP contribution in [0.2, 0.25) is 0 Å². The summed E-state index contributed by atoms with van der Waals surface area (Å²) in [6.07, 6.45) is 0.226. The molecule has 4 heteroatoms. The molecule has 4 nitrogen and oxygen atoms in total. The molecule has 2 N–H and O–H groups in total. The quantitative estimate of drug-likeness (QED) is 0.782. The molecule has 0 aliphatic rings. The fraction of sp³-hybridized carbons (Fsp3) is 0.350. The molecule has 0 fully saturated rings. The second-order valence-corrected chi connectivity index (χ2v) is 5.88. The Morgan fingerprint density at radius 1 is 1.12 bits per heavy atom.